The van der Waals surface area contributed by atoms with E-state index in [0.29, 0.717) is 43.7 Å². The van der Waals surface area contributed by atoms with Gasteiger partial charge in [0.05, 0.1) is 13.4 Å². The second kappa shape index (κ2) is 17.1. The third-order valence-corrected chi connectivity index (χ3v) is 8.53. The van der Waals surface area contributed by atoms with Gasteiger partial charge >= 0.3 is 0 Å². The molecule has 0 saturated heterocycles. The molecule has 0 saturated carbocycles. The number of rotatable bonds is 6. The number of nitrogens with one attached hydrogen (secondary N) is 4. The lowest BCUT2D eigenvalue weighted by molar-refractivity contribution is -0.132. The lowest BCUT2D eigenvalue weighted by Crippen LogP contribution is -2.58. The number of benzene rings is 2. The summed E-state index contributed by atoms with van der Waals surface area (Å²) in [5, 5.41) is 11.3. The summed E-state index contributed by atoms with van der Waals surface area (Å²) in [7, 11) is 1.56. The zero-order valence-corrected chi connectivity index (χ0v) is 27.9. The van der Waals surface area contributed by atoms with Crippen LogP contribution in [-0.2, 0) is 27.3 Å². The monoisotopic (exact) mass is 659 g/mol. The highest BCUT2D eigenvalue weighted by atomic mass is 16.5. The molecule has 5 amide bonds. The van der Waals surface area contributed by atoms with Crippen LogP contribution in [0.1, 0.15) is 72.1 Å². The van der Waals surface area contributed by atoms with Gasteiger partial charge in [-0.25, -0.2) is 0 Å². The van der Waals surface area contributed by atoms with Crippen molar-refractivity contribution in [2.75, 3.05) is 20.2 Å². The molecule has 3 aromatic rings. The molecule has 256 valence electrons. The predicted octanol–water partition coefficient (Wildman–Crippen LogP) is 3.22. The van der Waals surface area contributed by atoms with E-state index in [1.54, 1.807) is 79.6 Å². The third-order valence-electron chi connectivity index (χ3n) is 8.53. The van der Waals surface area contributed by atoms with Gasteiger partial charge in [-0.15, -0.1) is 0 Å². The molecule has 0 radical (unpaired) electrons. The largest absolute Gasteiger partial charge is 0.497 e. The summed E-state index contributed by atoms with van der Waals surface area (Å²) in [5.41, 5.74) is 1.92. The SMILES string of the molecule is CC[C@H](C)C1NC(=O)c2ccc(cc2)CN(C(=O)c2ccco2)CCCCNC(=O)[C@@H](C)NC(=O)[C@H](Cc2ccc(OC)cc2)NC1=O. The van der Waals surface area contributed by atoms with Crippen molar-refractivity contribution in [3.8, 4) is 5.75 Å². The van der Waals surface area contributed by atoms with Crippen LogP contribution in [0.4, 0.5) is 0 Å². The number of furan rings is 1. The Kier molecular flexibility index (Phi) is 12.8. The van der Waals surface area contributed by atoms with Crippen LogP contribution in [-0.4, -0.2) is 72.8 Å². The smallest absolute Gasteiger partial charge is 0.289 e. The fourth-order valence-electron chi connectivity index (χ4n) is 5.36. The van der Waals surface area contributed by atoms with Gasteiger partial charge in [0.15, 0.2) is 5.76 Å². The molecular weight excluding hydrogens is 614 g/mol. The highest BCUT2D eigenvalue weighted by molar-refractivity contribution is 5.99. The average molecular weight is 660 g/mol. The maximum Gasteiger partial charge on any atom is 0.289 e. The van der Waals surface area contributed by atoms with E-state index in [1.165, 1.54) is 6.26 Å². The van der Waals surface area contributed by atoms with Gasteiger partial charge in [-0.1, -0.05) is 44.5 Å². The molecule has 12 heteroatoms. The van der Waals surface area contributed by atoms with E-state index in [4.69, 9.17) is 9.15 Å². The number of ether oxygens (including phenoxy) is 1. The summed E-state index contributed by atoms with van der Waals surface area (Å²) in [6.45, 7) is 6.37. The van der Waals surface area contributed by atoms with Crippen molar-refractivity contribution in [2.45, 2.75) is 71.1 Å². The first kappa shape index (κ1) is 35.7. The van der Waals surface area contributed by atoms with Gasteiger partial charge < -0.3 is 35.3 Å². The Balaban J connectivity index is 1.60. The van der Waals surface area contributed by atoms with E-state index < -0.39 is 35.8 Å². The van der Waals surface area contributed by atoms with E-state index in [2.05, 4.69) is 21.3 Å². The van der Waals surface area contributed by atoms with Crippen LogP contribution >= 0.6 is 0 Å². The van der Waals surface area contributed by atoms with Crippen molar-refractivity contribution in [1.82, 2.24) is 26.2 Å². The lowest BCUT2D eigenvalue weighted by Gasteiger charge is -2.27. The van der Waals surface area contributed by atoms with E-state index >= 15 is 0 Å². The molecule has 2 aliphatic heterocycles. The Bertz CT molecular complexity index is 1540. The minimum atomic E-state index is -1.03. The van der Waals surface area contributed by atoms with E-state index in [1.807, 2.05) is 13.8 Å². The topological polar surface area (TPSA) is 159 Å². The Morgan fingerprint density at radius 1 is 0.938 bits per heavy atom. The Morgan fingerprint density at radius 3 is 2.31 bits per heavy atom. The summed E-state index contributed by atoms with van der Waals surface area (Å²) in [6, 6.07) is 14.4. The molecule has 0 fully saturated rings. The fourth-order valence-corrected chi connectivity index (χ4v) is 5.36. The zero-order valence-electron chi connectivity index (χ0n) is 27.9. The summed E-state index contributed by atoms with van der Waals surface area (Å²) in [6.07, 6.45) is 3.36. The lowest BCUT2D eigenvalue weighted by atomic mass is 9.96. The molecular formula is C36H45N5O7. The highest BCUT2D eigenvalue weighted by Crippen LogP contribution is 2.16. The number of nitrogens with zero attached hydrogens (tertiary/aromatic N) is 1. The molecule has 2 aliphatic rings. The van der Waals surface area contributed by atoms with Crippen LogP contribution < -0.4 is 26.0 Å². The molecule has 0 spiro atoms. The van der Waals surface area contributed by atoms with Gasteiger partial charge in [-0.05, 0) is 73.2 Å². The highest BCUT2D eigenvalue weighted by Gasteiger charge is 2.31. The number of hydrogen-bond acceptors (Lipinski definition) is 7. The van der Waals surface area contributed by atoms with Gasteiger partial charge in [-0.3, -0.25) is 24.0 Å². The Labute approximate surface area is 281 Å². The maximum atomic E-state index is 13.8. The van der Waals surface area contributed by atoms with Gasteiger partial charge in [0.1, 0.15) is 23.9 Å². The zero-order chi connectivity index (χ0) is 34.6. The van der Waals surface area contributed by atoms with Crippen LogP contribution in [0.25, 0.3) is 0 Å². The molecule has 1 unspecified atom stereocenters. The van der Waals surface area contributed by atoms with Crippen molar-refractivity contribution in [3.05, 3.63) is 89.4 Å². The summed E-state index contributed by atoms with van der Waals surface area (Å²) >= 11 is 0. The molecule has 2 bridgehead atoms. The number of hydrogen-bond donors (Lipinski definition) is 4. The van der Waals surface area contributed by atoms with Crippen LogP contribution in [0.15, 0.2) is 71.3 Å². The minimum Gasteiger partial charge on any atom is -0.497 e. The predicted molar refractivity (Wildman–Crippen MR) is 179 cm³/mol. The number of amides is 5. The van der Waals surface area contributed by atoms with Crippen LogP contribution in [0, 0.1) is 5.92 Å². The molecule has 5 rings (SSSR count). The molecule has 4 N–H and O–H groups in total. The number of carbonyl (C=O) groups is 5. The Morgan fingerprint density at radius 2 is 1.67 bits per heavy atom. The molecule has 48 heavy (non-hydrogen) atoms. The first-order valence-corrected chi connectivity index (χ1v) is 16.3. The van der Waals surface area contributed by atoms with Gasteiger partial charge in [0.2, 0.25) is 17.7 Å². The Hall–Kier alpha value is -5.13. The van der Waals surface area contributed by atoms with Gasteiger partial charge in [0, 0.05) is 31.6 Å². The number of methoxy groups -OCH3 is 1. The van der Waals surface area contributed by atoms with Crippen molar-refractivity contribution < 1.29 is 33.1 Å². The van der Waals surface area contributed by atoms with E-state index in [0.717, 1.165) is 11.1 Å². The van der Waals surface area contributed by atoms with Crippen molar-refractivity contribution in [1.29, 1.82) is 0 Å². The molecule has 2 aromatic carbocycles. The quantitative estimate of drug-likeness (QED) is 0.296. The van der Waals surface area contributed by atoms with Crippen molar-refractivity contribution in [2.24, 2.45) is 5.92 Å². The normalized spacial score (nSPS) is 20.8. The van der Waals surface area contributed by atoms with E-state index in [-0.39, 0.29) is 36.5 Å². The summed E-state index contributed by atoms with van der Waals surface area (Å²) in [4.78, 5) is 68.6. The third kappa shape index (κ3) is 9.69. The molecule has 3 heterocycles. The second-order valence-electron chi connectivity index (χ2n) is 12.1. The van der Waals surface area contributed by atoms with Gasteiger partial charge in [-0.2, -0.15) is 0 Å². The van der Waals surface area contributed by atoms with Gasteiger partial charge in [0.25, 0.3) is 11.8 Å². The van der Waals surface area contributed by atoms with E-state index in [9.17, 15) is 24.0 Å². The van der Waals surface area contributed by atoms with Crippen LogP contribution in [0.5, 0.6) is 5.75 Å². The first-order chi connectivity index (χ1) is 23.1. The number of carbonyl (C=O) groups excluding carboxylic acids is 5. The molecule has 12 nitrogen and oxygen atoms in total. The average Bonchev–Trinajstić information content (AvgIpc) is 3.64. The molecule has 0 aliphatic carbocycles. The summed E-state index contributed by atoms with van der Waals surface area (Å²) < 4.78 is 10.6. The van der Waals surface area contributed by atoms with Crippen LogP contribution in [0.3, 0.4) is 0 Å². The second-order valence-corrected chi connectivity index (χ2v) is 12.1. The van der Waals surface area contributed by atoms with Crippen LogP contribution in [0.2, 0.25) is 0 Å². The fraction of sp³-hybridized carbons (Fsp3) is 0.417. The first-order valence-electron chi connectivity index (χ1n) is 16.3. The standard InChI is InChI=1S/C36H45N5O7/c1-5-23(2)31-35(45)39-29(21-25-12-16-28(47-4)17-13-25)34(44)38-24(3)32(42)37-18-6-7-19-41(36(46)30-9-8-20-48-30)22-26-10-14-27(15-11-26)33(43)40-31/h8-17,20,23-24,29,31H,5-7,18-19,21-22H2,1-4H3,(H,37,42)(H,38,44)(H,39,45)(H,40,43)/t23-,24+,29-,31?/m0/s1. The van der Waals surface area contributed by atoms with Crippen molar-refractivity contribution >= 4 is 29.5 Å². The minimum absolute atomic E-state index is 0.145. The van der Waals surface area contributed by atoms with Crippen molar-refractivity contribution in [3.63, 3.8) is 0 Å². The molecule has 1 aromatic heterocycles. The maximum absolute atomic E-state index is 13.8. The number of fused-ring (bicyclic) bond motifs is 18. The summed E-state index contributed by atoms with van der Waals surface area (Å²) in [5.74, 6) is -1.54. The molecule has 4 atom stereocenters.